The molecule has 0 spiro atoms. The Balaban J connectivity index is 2.84. The third-order valence-corrected chi connectivity index (χ3v) is 5.19. The lowest BCUT2D eigenvalue weighted by Gasteiger charge is -2.20. The van der Waals surface area contributed by atoms with Gasteiger partial charge >= 0.3 is 0 Å². The van der Waals surface area contributed by atoms with Gasteiger partial charge in [0.05, 0.1) is 7.11 Å². The van der Waals surface area contributed by atoms with Gasteiger partial charge in [-0.05, 0) is 30.7 Å². The second-order valence-corrected chi connectivity index (χ2v) is 6.55. The normalized spacial score (nSPS) is 15.8. The molecule has 3 nitrogen and oxygen atoms in total. The van der Waals surface area contributed by atoms with Gasteiger partial charge in [-0.1, -0.05) is 32.9 Å². The number of ether oxygens (including phenoxy) is 1. The van der Waals surface area contributed by atoms with Gasteiger partial charge in [-0.15, -0.1) is 0 Å². The van der Waals surface area contributed by atoms with E-state index in [1.807, 2.05) is 25.1 Å². The van der Waals surface area contributed by atoms with Crippen LogP contribution in [0.3, 0.4) is 0 Å². The molecule has 0 aliphatic carbocycles. The second kappa shape index (κ2) is 8.33. The van der Waals surface area contributed by atoms with E-state index in [1.54, 1.807) is 7.11 Å². The summed E-state index contributed by atoms with van der Waals surface area (Å²) in [7, 11) is 0.857. The van der Waals surface area contributed by atoms with Gasteiger partial charge < -0.3 is 10.1 Å². The maximum absolute atomic E-state index is 12.2. The van der Waals surface area contributed by atoms with E-state index in [0.29, 0.717) is 5.75 Å². The van der Waals surface area contributed by atoms with E-state index in [2.05, 4.69) is 25.2 Å². The van der Waals surface area contributed by atoms with E-state index >= 15 is 0 Å². The molecule has 1 aromatic carbocycles. The van der Waals surface area contributed by atoms with Crippen LogP contribution in [0.5, 0.6) is 5.75 Å². The van der Waals surface area contributed by atoms with Gasteiger partial charge in [0.25, 0.3) is 0 Å². The summed E-state index contributed by atoms with van der Waals surface area (Å²) in [5.41, 5.74) is 1.14. The summed E-state index contributed by atoms with van der Waals surface area (Å²) in [6.07, 6.45) is 0.948. The van der Waals surface area contributed by atoms with Crippen molar-refractivity contribution in [2.75, 3.05) is 19.4 Å². The zero-order valence-electron chi connectivity index (χ0n) is 12.3. The molecule has 1 aromatic rings. The summed E-state index contributed by atoms with van der Waals surface area (Å²) in [4.78, 5) is 0. The van der Waals surface area contributed by atoms with Crippen LogP contribution in [0.2, 0.25) is 0 Å². The van der Waals surface area contributed by atoms with Gasteiger partial charge in [0.1, 0.15) is 5.75 Å². The quantitative estimate of drug-likeness (QED) is 0.797. The van der Waals surface area contributed by atoms with Crippen molar-refractivity contribution >= 4 is 10.8 Å². The molecule has 3 atom stereocenters. The first-order valence-electron chi connectivity index (χ1n) is 6.86. The highest BCUT2D eigenvalue weighted by Crippen LogP contribution is 2.21. The van der Waals surface area contributed by atoms with Crippen LogP contribution < -0.4 is 10.1 Å². The van der Waals surface area contributed by atoms with Crippen molar-refractivity contribution < 1.29 is 8.95 Å². The number of benzene rings is 1. The fourth-order valence-corrected chi connectivity index (χ4v) is 3.23. The number of hydrogen-bond donors (Lipinski definition) is 1. The first-order chi connectivity index (χ1) is 9.12. The number of nitrogens with one attached hydrogen (secondary N) is 1. The minimum atomic E-state index is -0.809. The predicted octanol–water partition coefficient (Wildman–Crippen LogP) is 2.89. The van der Waals surface area contributed by atoms with E-state index in [9.17, 15) is 4.21 Å². The van der Waals surface area contributed by atoms with Crippen LogP contribution in [-0.2, 0) is 10.8 Å². The van der Waals surface area contributed by atoms with Crippen molar-refractivity contribution in [2.45, 2.75) is 38.5 Å². The summed E-state index contributed by atoms with van der Waals surface area (Å²) in [6, 6.07) is 8.10. The molecule has 1 rings (SSSR count). The van der Waals surface area contributed by atoms with E-state index in [1.165, 1.54) is 0 Å². The summed E-state index contributed by atoms with van der Waals surface area (Å²) in [5.74, 6) is 1.49. The largest absolute Gasteiger partial charge is 0.497 e. The maximum atomic E-state index is 12.2. The van der Waals surface area contributed by atoms with Crippen LogP contribution in [0.1, 0.15) is 38.8 Å². The van der Waals surface area contributed by atoms with Gasteiger partial charge in [0, 0.05) is 27.8 Å². The van der Waals surface area contributed by atoms with Gasteiger partial charge in [-0.3, -0.25) is 4.21 Å². The zero-order chi connectivity index (χ0) is 14.3. The Kier molecular flexibility index (Phi) is 7.10. The van der Waals surface area contributed by atoms with Crippen LogP contribution in [-0.4, -0.2) is 28.9 Å². The smallest absolute Gasteiger partial charge is 0.119 e. The van der Waals surface area contributed by atoms with Crippen LogP contribution in [0.25, 0.3) is 0 Å². The Morgan fingerprint density at radius 1 is 1.37 bits per heavy atom. The third kappa shape index (κ3) is 4.96. The minimum Gasteiger partial charge on any atom is -0.497 e. The topological polar surface area (TPSA) is 38.3 Å². The molecule has 3 unspecified atom stereocenters. The van der Waals surface area contributed by atoms with Crippen molar-refractivity contribution in [3.8, 4) is 5.75 Å². The van der Waals surface area contributed by atoms with Crippen LogP contribution in [0, 0.1) is 0 Å². The molecule has 108 valence electrons. The lowest BCUT2D eigenvalue weighted by molar-refractivity contribution is 0.413. The predicted molar refractivity (Wildman–Crippen MR) is 82.2 cm³/mol. The molecular formula is C15H25NO2S. The highest BCUT2D eigenvalue weighted by atomic mass is 32.2. The van der Waals surface area contributed by atoms with Gasteiger partial charge in [-0.25, -0.2) is 0 Å². The minimum absolute atomic E-state index is 0.120. The summed E-state index contributed by atoms with van der Waals surface area (Å²) in [5, 5.41) is 3.65. The Labute approximate surface area is 119 Å². The first kappa shape index (κ1) is 16.2. The molecule has 0 bridgehead atoms. The molecule has 0 aromatic heterocycles. The Morgan fingerprint density at radius 3 is 2.68 bits per heavy atom. The highest BCUT2D eigenvalue weighted by molar-refractivity contribution is 7.85. The molecular weight excluding hydrogens is 258 g/mol. The molecule has 0 aliphatic rings. The van der Waals surface area contributed by atoms with Crippen LogP contribution in [0.15, 0.2) is 24.3 Å². The molecule has 0 saturated carbocycles. The number of rotatable bonds is 8. The molecule has 19 heavy (non-hydrogen) atoms. The molecule has 0 fully saturated rings. The van der Waals surface area contributed by atoms with E-state index in [-0.39, 0.29) is 11.3 Å². The Morgan fingerprint density at radius 2 is 2.11 bits per heavy atom. The van der Waals surface area contributed by atoms with Gasteiger partial charge in [0.2, 0.25) is 0 Å². The fourth-order valence-electron chi connectivity index (χ4n) is 1.89. The van der Waals surface area contributed by atoms with E-state index < -0.39 is 10.8 Å². The third-order valence-electron chi connectivity index (χ3n) is 3.30. The van der Waals surface area contributed by atoms with Crippen LogP contribution >= 0.6 is 0 Å². The van der Waals surface area contributed by atoms with E-state index in [4.69, 9.17) is 4.74 Å². The SMILES string of the molecule is CCNC(CS(=O)C(C)CC)c1cccc(OC)c1. The van der Waals surface area contributed by atoms with Crippen molar-refractivity contribution in [1.29, 1.82) is 0 Å². The fraction of sp³-hybridized carbons (Fsp3) is 0.600. The molecule has 0 heterocycles. The van der Waals surface area contributed by atoms with Crippen molar-refractivity contribution in [3.63, 3.8) is 0 Å². The second-order valence-electron chi connectivity index (χ2n) is 4.65. The molecule has 0 saturated heterocycles. The molecule has 4 heteroatoms. The monoisotopic (exact) mass is 283 g/mol. The maximum Gasteiger partial charge on any atom is 0.119 e. The zero-order valence-corrected chi connectivity index (χ0v) is 13.1. The number of hydrogen-bond acceptors (Lipinski definition) is 3. The lowest BCUT2D eigenvalue weighted by atomic mass is 10.1. The van der Waals surface area contributed by atoms with Crippen molar-refractivity contribution in [1.82, 2.24) is 5.32 Å². The summed E-state index contributed by atoms with van der Waals surface area (Å²) >= 11 is 0. The van der Waals surface area contributed by atoms with Crippen molar-refractivity contribution in [3.05, 3.63) is 29.8 Å². The average Bonchev–Trinajstić information content (AvgIpc) is 2.45. The molecule has 0 amide bonds. The molecule has 0 aliphatic heterocycles. The van der Waals surface area contributed by atoms with Crippen molar-refractivity contribution in [2.24, 2.45) is 0 Å². The molecule has 0 radical (unpaired) electrons. The first-order valence-corrected chi connectivity index (χ1v) is 8.25. The Bertz CT molecular complexity index is 409. The average molecular weight is 283 g/mol. The Hall–Kier alpha value is -0.870. The summed E-state index contributed by atoms with van der Waals surface area (Å²) < 4.78 is 17.5. The number of methoxy groups -OCH3 is 1. The summed E-state index contributed by atoms with van der Waals surface area (Å²) in [6.45, 7) is 7.06. The highest BCUT2D eigenvalue weighted by Gasteiger charge is 2.17. The standard InChI is InChI=1S/C15H25NO2S/c1-5-12(3)19(17)11-15(16-6-2)13-8-7-9-14(10-13)18-4/h7-10,12,15-16H,5-6,11H2,1-4H3. The van der Waals surface area contributed by atoms with Gasteiger partial charge in [0.15, 0.2) is 0 Å². The van der Waals surface area contributed by atoms with E-state index in [0.717, 1.165) is 24.3 Å². The molecule has 1 N–H and O–H groups in total. The lowest BCUT2D eigenvalue weighted by Crippen LogP contribution is -2.28. The van der Waals surface area contributed by atoms with Crippen LogP contribution in [0.4, 0.5) is 0 Å². The van der Waals surface area contributed by atoms with Gasteiger partial charge in [-0.2, -0.15) is 0 Å².